The van der Waals surface area contributed by atoms with Gasteiger partial charge in [-0.2, -0.15) is 0 Å². The summed E-state index contributed by atoms with van der Waals surface area (Å²) < 4.78 is 0. The minimum Gasteiger partial charge on any atom is -0.370 e. The normalized spacial score (nSPS) is 10.2. The first-order valence-electron chi connectivity index (χ1n) is 5.82. The maximum Gasteiger partial charge on any atom is 0.129 e. The number of hydrogen-bond donors (Lipinski definition) is 1. The van der Waals surface area contributed by atoms with Crippen LogP contribution in [0.5, 0.6) is 0 Å². The molecule has 0 fully saturated rings. The second kappa shape index (κ2) is 5.94. The number of nitrogens with zero attached hydrogens (tertiary/aromatic N) is 3. The average molecular weight is 228 g/mol. The Balaban J connectivity index is 2.06. The van der Waals surface area contributed by atoms with Gasteiger partial charge in [-0.1, -0.05) is 6.92 Å². The number of hydrogen-bond acceptors (Lipinski definition) is 4. The molecule has 2 rings (SSSR count). The molecule has 0 aliphatic heterocycles. The van der Waals surface area contributed by atoms with Crippen LogP contribution in [0.2, 0.25) is 0 Å². The summed E-state index contributed by atoms with van der Waals surface area (Å²) in [5, 5.41) is 3.26. The average Bonchev–Trinajstić information content (AvgIpc) is 2.38. The van der Waals surface area contributed by atoms with E-state index in [9.17, 15) is 0 Å². The van der Waals surface area contributed by atoms with Crippen molar-refractivity contribution >= 4 is 5.82 Å². The largest absolute Gasteiger partial charge is 0.370 e. The number of aromatic nitrogens is 3. The van der Waals surface area contributed by atoms with Crippen LogP contribution in [0.3, 0.4) is 0 Å². The first-order valence-corrected chi connectivity index (χ1v) is 5.82. The highest BCUT2D eigenvalue weighted by atomic mass is 15.0. The molecular weight excluding hydrogens is 212 g/mol. The summed E-state index contributed by atoms with van der Waals surface area (Å²) in [7, 11) is 0. The van der Waals surface area contributed by atoms with Crippen LogP contribution in [0, 0.1) is 0 Å². The SMILES string of the molecule is CCCNc1cc(Cc2ccncc2)ncn1. The molecule has 2 aromatic heterocycles. The molecule has 1 N–H and O–H groups in total. The highest BCUT2D eigenvalue weighted by Crippen LogP contribution is 2.09. The van der Waals surface area contributed by atoms with Crippen molar-refractivity contribution in [3.63, 3.8) is 0 Å². The van der Waals surface area contributed by atoms with E-state index in [0.29, 0.717) is 0 Å². The maximum atomic E-state index is 4.27. The van der Waals surface area contributed by atoms with Crippen LogP contribution in [-0.4, -0.2) is 21.5 Å². The Bertz CT molecular complexity index is 456. The standard InChI is InChI=1S/C13H16N4/c1-2-5-15-13-9-12(16-10-17-13)8-11-3-6-14-7-4-11/h3-4,6-7,9-10H,2,5,8H2,1H3,(H,15,16,17). The third-order valence-corrected chi connectivity index (χ3v) is 2.41. The molecule has 2 heterocycles. The third-order valence-electron chi connectivity index (χ3n) is 2.41. The summed E-state index contributed by atoms with van der Waals surface area (Å²) in [6.45, 7) is 3.07. The van der Waals surface area contributed by atoms with Crippen molar-refractivity contribution in [3.05, 3.63) is 48.2 Å². The molecule has 0 spiro atoms. The van der Waals surface area contributed by atoms with Gasteiger partial charge < -0.3 is 5.32 Å². The van der Waals surface area contributed by atoms with Gasteiger partial charge in [-0.25, -0.2) is 9.97 Å². The summed E-state index contributed by atoms with van der Waals surface area (Å²) in [5.74, 6) is 0.894. The quantitative estimate of drug-likeness (QED) is 0.853. The number of pyridine rings is 1. The highest BCUT2D eigenvalue weighted by molar-refractivity contribution is 5.36. The molecule has 0 saturated heterocycles. The van der Waals surface area contributed by atoms with Crippen LogP contribution in [0.15, 0.2) is 36.9 Å². The minimum atomic E-state index is 0.811. The third kappa shape index (κ3) is 3.52. The predicted molar refractivity (Wildman–Crippen MR) is 67.9 cm³/mol. The molecule has 0 amide bonds. The number of nitrogens with one attached hydrogen (secondary N) is 1. The molecule has 0 aliphatic rings. The molecule has 2 aromatic rings. The van der Waals surface area contributed by atoms with E-state index in [1.807, 2.05) is 18.2 Å². The lowest BCUT2D eigenvalue weighted by atomic mass is 10.1. The zero-order valence-electron chi connectivity index (χ0n) is 9.93. The highest BCUT2D eigenvalue weighted by Gasteiger charge is 1.99. The molecule has 0 atom stereocenters. The van der Waals surface area contributed by atoms with Crippen molar-refractivity contribution in [2.45, 2.75) is 19.8 Å². The Kier molecular flexibility index (Phi) is 4.02. The summed E-state index contributed by atoms with van der Waals surface area (Å²) in [5.41, 5.74) is 2.23. The molecule has 17 heavy (non-hydrogen) atoms. The first-order chi connectivity index (χ1) is 8.38. The number of rotatable bonds is 5. The van der Waals surface area contributed by atoms with Gasteiger partial charge in [0, 0.05) is 31.4 Å². The monoisotopic (exact) mass is 228 g/mol. The Morgan fingerprint density at radius 2 is 2.00 bits per heavy atom. The van der Waals surface area contributed by atoms with E-state index in [1.165, 1.54) is 5.56 Å². The second-order valence-corrected chi connectivity index (χ2v) is 3.85. The lowest BCUT2D eigenvalue weighted by molar-refractivity contribution is 0.953. The summed E-state index contributed by atoms with van der Waals surface area (Å²) in [6.07, 6.45) is 7.10. The molecule has 4 nitrogen and oxygen atoms in total. The zero-order chi connectivity index (χ0) is 11.9. The van der Waals surface area contributed by atoms with E-state index in [1.54, 1.807) is 18.7 Å². The molecule has 0 unspecified atom stereocenters. The Hall–Kier alpha value is -1.97. The molecule has 88 valence electrons. The van der Waals surface area contributed by atoms with E-state index in [4.69, 9.17) is 0 Å². The molecule has 0 aromatic carbocycles. The molecule has 0 saturated carbocycles. The van der Waals surface area contributed by atoms with Crippen molar-refractivity contribution in [2.24, 2.45) is 0 Å². The minimum absolute atomic E-state index is 0.811. The van der Waals surface area contributed by atoms with Gasteiger partial charge in [0.15, 0.2) is 0 Å². The fourth-order valence-corrected chi connectivity index (χ4v) is 1.55. The summed E-state index contributed by atoms with van der Waals surface area (Å²) in [4.78, 5) is 12.5. The van der Waals surface area contributed by atoms with Crippen LogP contribution < -0.4 is 5.32 Å². The van der Waals surface area contributed by atoms with Gasteiger partial charge >= 0.3 is 0 Å². The lowest BCUT2D eigenvalue weighted by Gasteiger charge is -2.05. The van der Waals surface area contributed by atoms with E-state index in [2.05, 4.69) is 27.2 Å². The Morgan fingerprint density at radius 1 is 1.18 bits per heavy atom. The van der Waals surface area contributed by atoms with Gasteiger partial charge in [-0.05, 0) is 24.1 Å². The van der Waals surface area contributed by atoms with E-state index < -0.39 is 0 Å². The molecular formula is C13H16N4. The van der Waals surface area contributed by atoms with Gasteiger partial charge in [-0.15, -0.1) is 0 Å². The van der Waals surface area contributed by atoms with E-state index >= 15 is 0 Å². The van der Waals surface area contributed by atoms with Gasteiger partial charge in [0.25, 0.3) is 0 Å². The van der Waals surface area contributed by atoms with Crippen molar-refractivity contribution < 1.29 is 0 Å². The summed E-state index contributed by atoms with van der Waals surface area (Å²) in [6, 6.07) is 6.00. The fourth-order valence-electron chi connectivity index (χ4n) is 1.55. The first kappa shape index (κ1) is 11.5. The van der Waals surface area contributed by atoms with Crippen molar-refractivity contribution in [1.82, 2.24) is 15.0 Å². The number of anilines is 1. The van der Waals surface area contributed by atoms with Gasteiger partial charge in [0.1, 0.15) is 12.1 Å². The molecule has 0 bridgehead atoms. The van der Waals surface area contributed by atoms with Crippen LogP contribution in [0.25, 0.3) is 0 Å². The molecule has 0 radical (unpaired) electrons. The molecule has 0 aliphatic carbocycles. The zero-order valence-corrected chi connectivity index (χ0v) is 9.93. The smallest absolute Gasteiger partial charge is 0.129 e. The van der Waals surface area contributed by atoms with E-state index in [-0.39, 0.29) is 0 Å². The maximum absolute atomic E-state index is 4.27. The van der Waals surface area contributed by atoms with Gasteiger partial charge in [0.2, 0.25) is 0 Å². The van der Waals surface area contributed by atoms with Gasteiger partial charge in [-0.3, -0.25) is 4.98 Å². The van der Waals surface area contributed by atoms with Crippen LogP contribution in [0.1, 0.15) is 24.6 Å². The van der Waals surface area contributed by atoms with Gasteiger partial charge in [0.05, 0.1) is 5.69 Å². The predicted octanol–water partition coefficient (Wildman–Crippen LogP) is 2.28. The molecule has 4 heteroatoms. The second-order valence-electron chi connectivity index (χ2n) is 3.85. The Labute approximate surface area is 101 Å². The topological polar surface area (TPSA) is 50.7 Å². The van der Waals surface area contributed by atoms with Crippen LogP contribution in [-0.2, 0) is 6.42 Å². The lowest BCUT2D eigenvalue weighted by Crippen LogP contribution is -2.03. The van der Waals surface area contributed by atoms with Crippen LogP contribution >= 0.6 is 0 Å². The fraction of sp³-hybridized carbons (Fsp3) is 0.308. The van der Waals surface area contributed by atoms with Crippen molar-refractivity contribution in [1.29, 1.82) is 0 Å². The van der Waals surface area contributed by atoms with Crippen molar-refractivity contribution in [2.75, 3.05) is 11.9 Å². The van der Waals surface area contributed by atoms with E-state index in [0.717, 1.165) is 30.9 Å². The summed E-state index contributed by atoms with van der Waals surface area (Å²) >= 11 is 0. The Morgan fingerprint density at radius 3 is 2.76 bits per heavy atom. The van der Waals surface area contributed by atoms with Crippen molar-refractivity contribution in [3.8, 4) is 0 Å². The van der Waals surface area contributed by atoms with Crippen LogP contribution in [0.4, 0.5) is 5.82 Å².